The van der Waals surface area contributed by atoms with Crippen LogP contribution in [0.15, 0.2) is 18.2 Å². The normalized spacial score (nSPS) is 19.3. The lowest BCUT2D eigenvalue weighted by molar-refractivity contribution is 0.389. The molecule has 1 atom stereocenters. The number of nitrogens with zero attached hydrogens (tertiary/aromatic N) is 1. The van der Waals surface area contributed by atoms with Gasteiger partial charge in [-0.3, -0.25) is 0 Å². The molecule has 1 aromatic carbocycles. The zero-order valence-corrected chi connectivity index (χ0v) is 12.1. The number of piperidine rings is 1. The lowest BCUT2D eigenvalue weighted by Crippen LogP contribution is -2.45. The number of hydrogen-bond donors (Lipinski definition) is 1. The summed E-state index contributed by atoms with van der Waals surface area (Å²) >= 11 is 0. The van der Waals surface area contributed by atoms with Crippen LogP contribution in [0, 0.1) is 0 Å². The van der Waals surface area contributed by atoms with Gasteiger partial charge < -0.3 is 19.7 Å². The minimum absolute atomic E-state index is 0.575. The van der Waals surface area contributed by atoms with Crippen LogP contribution in [0.4, 0.5) is 5.69 Å². The number of ether oxygens (including phenoxy) is 2. The molecule has 1 aliphatic rings. The van der Waals surface area contributed by atoms with Crippen molar-refractivity contribution in [2.24, 2.45) is 0 Å². The third kappa shape index (κ3) is 3.32. The third-order valence-electron chi connectivity index (χ3n) is 3.64. The largest absolute Gasteiger partial charge is 0.497 e. The molecule has 1 aliphatic heterocycles. The first-order chi connectivity index (χ1) is 9.28. The van der Waals surface area contributed by atoms with Crippen molar-refractivity contribution in [2.45, 2.75) is 25.8 Å². The average molecular weight is 264 g/mol. The average Bonchev–Trinajstić information content (AvgIpc) is 2.47. The first-order valence-corrected chi connectivity index (χ1v) is 6.98. The van der Waals surface area contributed by atoms with E-state index in [1.54, 1.807) is 14.2 Å². The van der Waals surface area contributed by atoms with Gasteiger partial charge in [0.15, 0.2) is 0 Å². The molecule has 19 heavy (non-hydrogen) atoms. The van der Waals surface area contributed by atoms with Crippen LogP contribution in [0.1, 0.15) is 19.8 Å². The van der Waals surface area contributed by atoms with Crippen molar-refractivity contribution in [2.75, 3.05) is 38.8 Å². The van der Waals surface area contributed by atoms with Crippen molar-refractivity contribution in [1.29, 1.82) is 0 Å². The van der Waals surface area contributed by atoms with Crippen molar-refractivity contribution in [3.63, 3.8) is 0 Å². The predicted molar refractivity (Wildman–Crippen MR) is 78.5 cm³/mol. The summed E-state index contributed by atoms with van der Waals surface area (Å²) in [7, 11) is 3.39. The predicted octanol–water partition coefficient (Wildman–Crippen LogP) is 2.28. The van der Waals surface area contributed by atoms with Crippen LogP contribution in [0.25, 0.3) is 0 Å². The molecule has 0 saturated carbocycles. The van der Waals surface area contributed by atoms with Gasteiger partial charge in [0.1, 0.15) is 11.5 Å². The van der Waals surface area contributed by atoms with Gasteiger partial charge in [0.05, 0.1) is 19.9 Å². The molecular weight excluding hydrogens is 240 g/mol. The second kappa shape index (κ2) is 6.66. The fourth-order valence-electron chi connectivity index (χ4n) is 2.70. The molecule has 4 heteroatoms. The van der Waals surface area contributed by atoms with Crippen LogP contribution in [0.3, 0.4) is 0 Å². The molecule has 0 aliphatic carbocycles. The smallest absolute Gasteiger partial charge is 0.145 e. The Kier molecular flexibility index (Phi) is 4.91. The van der Waals surface area contributed by atoms with E-state index in [1.807, 2.05) is 12.1 Å². The van der Waals surface area contributed by atoms with Crippen LogP contribution in [-0.4, -0.2) is 39.9 Å². The minimum atomic E-state index is 0.575. The highest BCUT2D eigenvalue weighted by atomic mass is 16.5. The molecular formula is C15H24N2O2. The van der Waals surface area contributed by atoms with Gasteiger partial charge in [-0.15, -0.1) is 0 Å². The summed E-state index contributed by atoms with van der Waals surface area (Å²) in [6, 6.07) is 6.61. The van der Waals surface area contributed by atoms with Gasteiger partial charge >= 0.3 is 0 Å². The number of rotatable bonds is 5. The molecule has 1 fully saturated rings. The Morgan fingerprint density at radius 2 is 2.16 bits per heavy atom. The number of nitrogens with one attached hydrogen (secondary N) is 1. The summed E-state index contributed by atoms with van der Waals surface area (Å²) in [6.45, 7) is 5.31. The van der Waals surface area contributed by atoms with Gasteiger partial charge in [-0.05, 0) is 31.5 Å². The van der Waals surface area contributed by atoms with Crippen LogP contribution in [-0.2, 0) is 0 Å². The van der Waals surface area contributed by atoms with E-state index in [-0.39, 0.29) is 0 Å². The van der Waals surface area contributed by atoms with Crippen LogP contribution in [0.2, 0.25) is 0 Å². The SMILES string of the molecule is CCNC1CCCN(c2ccc(OC)cc2OC)C1. The molecule has 0 radical (unpaired) electrons. The highest BCUT2D eigenvalue weighted by molar-refractivity contribution is 5.61. The maximum absolute atomic E-state index is 5.49. The Bertz CT molecular complexity index is 407. The topological polar surface area (TPSA) is 33.7 Å². The molecule has 4 nitrogen and oxygen atoms in total. The summed E-state index contributed by atoms with van der Waals surface area (Å²) < 4.78 is 10.7. The van der Waals surface area contributed by atoms with E-state index >= 15 is 0 Å². The second-order valence-corrected chi connectivity index (χ2v) is 4.88. The fraction of sp³-hybridized carbons (Fsp3) is 0.600. The lowest BCUT2D eigenvalue weighted by atomic mass is 10.0. The maximum Gasteiger partial charge on any atom is 0.145 e. The minimum Gasteiger partial charge on any atom is -0.497 e. The van der Waals surface area contributed by atoms with E-state index in [9.17, 15) is 0 Å². The summed E-state index contributed by atoms with van der Waals surface area (Å²) in [5.41, 5.74) is 1.16. The Morgan fingerprint density at radius 1 is 1.32 bits per heavy atom. The molecule has 2 rings (SSSR count). The van der Waals surface area contributed by atoms with Crippen molar-refractivity contribution < 1.29 is 9.47 Å². The van der Waals surface area contributed by atoms with E-state index in [0.29, 0.717) is 6.04 Å². The number of methoxy groups -OCH3 is 2. The summed E-state index contributed by atoms with van der Waals surface area (Å²) in [6.07, 6.45) is 2.47. The molecule has 1 unspecified atom stereocenters. The summed E-state index contributed by atoms with van der Waals surface area (Å²) in [4.78, 5) is 2.40. The van der Waals surface area contributed by atoms with Gasteiger partial charge in [0.25, 0.3) is 0 Å². The molecule has 0 amide bonds. The molecule has 0 bridgehead atoms. The van der Waals surface area contributed by atoms with E-state index in [4.69, 9.17) is 9.47 Å². The Hall–Kier alpha value is -1.42. The van der Waals surface area contributed by atoms with Crippen molar-refractivity contribution in [1.82, 2.24) is 5.32 Å². The third-order valence-corrected chi connectivity index (χ3v) is 3.64. The molecule has 1 saturated heterocycles. The molecule has 1 heterocycles. The summed E-state index contributed by atoms with van der Waals surface area (Å²) in [5, 5.41) is 3.54. The molecule has 0 spiro atoms. The number of likely N-dealkylation sites (N-methyl/N-ethyl adjacent to an activating group) is 1. The van der Waals surface area contributed by atoms with E-state index in [0.717, 1.165) is 36.8 Å². The molecule has 1 N–H and O–H groups in total. The summed E-state index contributed by atoms with van der Waals surface area (Å²) in [5.74, 6) is 1.72. The number of benzene rings is 1. The van der Waals surface area contributed by atoms with Crippen molar-refractivity contribution in [3.8, 4) is 11.5 Å². The zero-order valence-electron chi connectivity index (χ0n) is 12.1. The maximum atomic E-state index is 5.49. The first-order valence-electron chi connectivity index (χ1n) is 6.98. The highest BCUT2D eigenvalue weighted by Gasteiger charge is 2.21. The van der Waals surface area contributed by atoms with Gasteiger partial charge in [-0.25, -0.2) is 0 Å². The van der Waals surface area contributed by atoms with E-state index in [1.165, 1.54) is 12.8 Å². The number of anilines is 1. The van der Waals surface area contributed by atoms with Gasteiger partial charge in [0, 0.05) is 25.2 Å². The monoisotopic (exact) mass is 264 g/mol. The van der Waals surface area contributed by atoms with Crippen LogP contribution in [0.5, 0.6) is 11.5 Å². The van der Waals surface area contributed by atoms with Gasteiger partial charge in [-0.1, -0.05) is 6.92 Å². The first kappa shape index (κ1) is 14.0. The Balaban J connectivity index is 2.16. The molecule has 0 aromatic heterocycles. The molecule has 1 aromatic rings. The van der Waals surface area contributed by atoms with Crippen LogP contribution >= 0.6 is 0 Å². The second-order valence-electron chi connectivity index (χ2n) is 4.88. The quantitative estimate of drug-likeness (QED) is 0.884. The fourth-order valence-corrected chi connectivity index (χ4v) is 2.70. The van der Waals surface area contributed by atoms with Crippen molar-refractivity contribution in [3.05, 3.63) is 18.2 Å². The highest BCUT2D eigenvalue weighted by Crippen LogP contribution is 2.33. The van der Waals surface area contributed by atoms with E-state index in [2.05, 4.69) is 23.2 Å². The van der Waals surface area contributed by atoms with Crippen molar-refractivity contribution >= 4 is 5.69 Å². The standard InChI is InChI=1S/C15H24N2O2/c1-4-16-12-6-5-9-17(11-12)14-8-7-13(18-2)10-15(14)19-3/h7-8,10,12,16H,4-6,9,11H2,1-3H3. The number of hydrogen-bond acceptors (Lipinski definition) is 4. The Labute approximate surface area is 115 Å². The molecule has 106 valence electrons. The van der Waals surface area contributed by atoms with Gasteiger partial charge in [0.2, 0.25) is 0 Å². The Morgan fingerprint density at radius 3 is 2.84 bits per heavy atom. The van der Waals surface area contributed by atoms with Crippen LogP contribution < -0.4 is 19.7 Å². The van der Waals surface area contributed by atoms with E-state index < -0.39 is 0 Å². The van der Waals surface area contributed by atoms with Gasteiger partial charge in [-0.2, -0.15) is 0 Å². The lowest BCUT2D eigenvalue weighted by Gasteiger charge is -2.35. The zero-order chi connectivity index (χ0) is 13.7.